The van der Waals surface area contributed by atoms with Gasteiger partial charge in [0, 0.05) is 59.7 Å². The summed E-state index contributed by atoms with van der Waals surface area (Å²) in [7, 11) is 0. The molecule has 1 saturated heterocycles. The number of rotatable bonds is 7. The molecular weight excluding hydrogens is 412 g/mol. The number of hydrogen-bond acceptors (Lipinski definition) is 5. The van der Waals surface area contributed by atoms with Gasteiger partial charge in [-0.2, -0.15) is 4.98 Å². The van der Waals surface area contributed by atoms with Gasteiger partial charge in [0.1, 0.15) is 5.82 Å². The van der Waals surface area contributed by atoms with Crippen molar-refractivity contribution in [3.63, 3.8) is 0 Å². The molecular formula is C26H28N6O. The minimum atomic E-state index is 0.00247. The number of aromatic amines is 1. The van der Waals surface area contributed by atoms with Gasteiger partial charge >= 0.3 is 0 Å². The number of carbonyl (C=O) groups excluding carboxylic acids is 1. The zero-order valence-electron chi connectivity index (χ0n) is 18.8. The number of fused-ring (bicyclic) bond motifs is 1. The molecule has 3 heterocycles. The van der Waals surface area contributed by atoms with E-state index in [0.29, 0.717) is 12.8 Å². The maximum Gasteiger partial charge on any atom is 0.227 e. The molecule has 1 aliphatic rings. The van der Waals surface area contributed by atoms with Gasteiger partial charge in [0.05, 0.1) is 0 Å². The Morgan fingerprint density at radius 2 is 1.79 bits per heavy atom. The van der Waals surface area contributed by atoms with Crippen molar-refractivity contribution in [1.29, 1.82) is 0 Å². The standard InChI is InChI=1S/C26H28N6O/c1-18-16-24(31-26(28-18)32-14-4-5-15-32)29-20-9-11-21(12-10-20)30-25(33)13-8-19-17-27-23-7-3-2-6-22(19)23/h2-3,6-7,9-12,16-17,27H,4-5,8,13-15H2,1H3,(H,30,33)(H,28,29,31). The molecule has 2 aromatic heterocycles. The number of nitrogens with one attached hydrogen (secondary N) is 3. The van der Waals surface area contributed by atoms with Crippen molar-refractivity contribution in [3.8, 4) is 0 Å². The third kappa shape index (κ3) is 4.98. The van der Waals surface area contributed by atoms with Gasteiger partial charge in [-0.15, -0.1) is 0 Å². The molecule has 7 nitrogen and oxygen atoms in total. The Labute approximate surface area is 193 Å². The Morgan fingerprint density at radius 3 is 2.61 bits per heavy atom. The number of nitrogens with zero attached hydrogens (tertiary/aromatic N) is 3. The highest BCUT2D eigenvalue weighted by atomic mass is 16.1. The number of hydrogen-bond donors (Lipinski definition) is 3. The van der Waals surface area contributed by atoms with E-state index >= 15 is 0 Å². The van der Waals surface area contributed by atoms with Crippen LogP contribution >= 0.6 is 0 Å². The van der Waals surface area contributed by atoms with E-state index in [2.05, 4.69) is 36.6 Å². The lowest BCUT2D eigenvalue weighted by Crippen LogP contribution is -2.21. The van der Waals surface area contributed by atoms with E-state index in [1.807, 2.05) is 61.7 Å². The molecule has 168 valence electrons. The first-order valence-electron chi connectivity index (χ1n) is 11.5. The Kier molecular flexibility index (Phi) is 5.93. The van der Waals surface area contributed by atoms with E-state index in [-0.39, 0.29) is 5.91 Å². The molecule has 0 saturated carbocycles. The second-order valence-corrected chi connectivity index (χ2v) is 8.50. The van der Waals surface area contributed by atoms with E-state index in [1.165, 1.54) is 18.2 Å². The van der Waals surface area contributed by atoms with Crippen LogP contribution in [0.3, 0.4) is 0 Å². The Balaban J connectivity index is 1.18. The van der Waals surface area contributed by atoms with Gasteiger partial charge in [0.2, 0.25) is 11.9 Å². The topological polar surface area (TPSA) is 85.9 Å². The number of H-pyrrole nitrogens is 1. The number of anilines is 4. The van der Waals surface area contributed by atoms with Gasteiger partial charge in [-0.1, -0.05) is 18.2 Å². The van der Waals surface area contributed by atoms with E-state index in [0.717, 1.165) is 53.0 Å². The number of para-hydroxylation sites is 1. The van der Waals surface area contributed by atoms with Crippen LogP contribution in [0.1, 0.15) is 30.5 Å². The first kappa shape index (κ1) is 21.0. The van der Waals surface area contributed by atoms with Crippen LogP contribution < -0.4 is 15.5 Å². The molecule has 4 aromatic rings. The Hall–Kier alpha value is -3.87. The molecule has 0 atom stereocenters. The van der Waals surface area contributed by atoms with Gasteiger partial charge < -0.3 is 20.5 Å². The van der Waals surface area contributed by atoms with Gasteiger partial charge in [-0.3, -0.25) is 4.79 Å². The molecule has 2 aromatic carbocycles. The number of carbonyl (C=O) groups is 1. The summed E-state index contributed by atoms with van der Waals surface area (Å²) < 4.78 is 0. The van der Waals surface area contributed by atoms with Gasteiger partial charge in [0.15, 0.2) is 0 Å². The smallest absolute Gasteiger partial charge is 0.227 e. The van der Waals surface area contributed by atoms with Crippen LogP contribution in [-0.2, 0) is 11.2 Å². The number of benzene rings is 2. The fraction of sp³-hybridized carbons (Fsp3) is 0.269. The molecule has 1 amide bonds. The molecule has 7 heteroatoms. The minimum Gasteiger partial charge on any atom is -0.361 e. The van der Waals surface area contributed by atoms with Gasteiger partial charge in [0.25, 0.3) is 0 Å². The fourth-order valence-electron chi connectivity index (χ4n) is 4.27. The van der Waals surface area contributed by atoms with Crippen LogP contribution in [0.2, 0.25) is 0 Å². The number of aromatic nitrogens is 3. The quantitative estimate of drug-likeness (QED) is 0.369. The average Bonchev–Trinajstić information content (AvgIpc) is 3.49. The monoisotopic (exact) mass is 440 g/mol. The average molecular weight is 441 g/mol. The summed E-state index contributed by atoms with van der Waals surface area (Å²) in [6, 6.07) is 17.8. The molecule has 1 fully saturated rings. The molecule has 0 bridgehead atoms. The van der Waals surface area contributed by atoms with Crippen molar-refractivity contribution >= 4 is 40.0 Å². The summed E-state index contributed by atoms with van der Waals surface area (Å²) in [6.07, 6.45) is 5.50. The van der Waals surface area contributed by atoms with E-state index in [4.69, 9.17) is 0 Å². The lowest BCUT2D eigenvalue weighted by molar-refractivity contribution is -0.116. The van der Waals surface area contributed by atoms with Crippen LogP contribution in [-0.4, -0.2) is 33.9 Å². The van der Waals surface area contributed by atoms with Crippen molar-refractivity contribution in [2.24, 2.45) is 0 Å². The second kappa shape index (κ2) is 9.32. The third-order valence-electron chi connectivity index (χ3n) is 5.97. The predicted octanol–water partition coefficient (Wildman–Crippen LogP) is 5.18. The van der Waals surface area contributed by atoms with Crippen molar-refractivity contribution in [1.82, 2.24) is 15.0 Å². The maximum absolute atomic E-state index is 12.5. The fourth-order valence-corrected chi connectivity index (χ4v) is 4.27. The van der Waals surface area contributed by atoms with Crippen molar-refractivity contribution in [3.05, 3.63) is 72.1 Å². The summed E-state index contributed by atoms with van der Waals surface area (Å²) in [4.78, 5) is 27.2. The molecule has 5 rings (SSSR count). The molecule has 0 spiro atoms. The van der Waals surface area contributed by atoms with E-state index in [1.54, 1.807) is 0 Å². The maximum atomic E-state index is 12.5. The zero-order valence-corrected chi connectivity index (χ0v) is 18.8. The largest absolute Gasteiger partial charge is 0.361 e. The third-order valence-corrected chi connectivity index (χ3v) is 5.97. The number of aryl methyl sites for hydroxylation is 2. The first-order valence-corrected chi connectivity index (χ1v) is 11.5. The van der Waals surface area contributed by atoms with Crippen LogP contribution in [0, 0.1) is 6.92 Å². The Bertz CT molecular complexity index is 1260. The molecule has 3 N–H and O–H groups in total. The lowest BCUT2D eigenvalue weighted by Gasteiger charge is -2.17. The zero-order chi connectivity index (χ0) is 22.6. The second-order valence-electron chi connectivity index (χ2n) is 8.50. The number of amides is 1. The molecule has 33 heavy (non-hydrogen) atoms. The molecule has 0 unspecified atom stereocenters. The summed E-state index contributed by atoms with van der Waals surface area (Å²) in [5.41, 5.74) is 4.89. The van der Waals surface area contributed by atoms with E-state index in [9.17, 15) is 4.79 Å². The van der Waals surface area contributed by atoms with Crippen molar-refractivity contribution < 1.29 is 4.79 Å². The highest BCUT2D eigenvalue weighted by Crippen LogP contribution is 2.23. The summed E-state index contributed by atoms with van der Waals surface area (Å²) >= 11 is 0. The summed E-state index contributed by atoms with van der Waals surface area (Å²) in [5, 5.41) is 7.52. The van der Waals surface area contributed by atoms with Crippen LogP contribution in [0.15, 0.2) is 60.8 Å². The van der Waals surface area contributed by atoms with Crippen LogP contribution in [0.5, 0.6) is 0 Å². The molecule has 0 aliphatic carbocycles. The van der Waals surface area contributed by atoms with Crippen molar-refractivity contribution in [2.75, 3.05) is 28.6 Å². The van der Waals surface area contributed by atoms with Crippen LogP contribution in [0.4, 0.5) is 23.1 Å². The lowest BCUT2D eigenvalue weighted by atomic mass is 10.1. The highest BCUT2D eigenvalue weighted by molar-refractivity contribution is 5.91. The highest BCUT2D eigenvalue weighted by Gasteiger charge is 2.16. The minimum absolute atomic E-state index is 0.00247. The molecule has 1 aliphatic heterocycles. The predicted molar refractivity (Wildman–Crippen MR) is 133 cm³/mol. The van der Waals surface area contributed by atoms with Crippen molar-refractivity contribution in [2.45, 2.75) is 32.6 Å². The van der Waals surface area contributed by atoms with Gasteiger partial charge in [-0.05, 0) is 62.1 Å². The normalized spacial score (nSPS) is 13.4. The SMILES string of the molecule is Cc1cc(Nc2ccc(NC(=O)CCc3c[nH]c4ccccc34)cc2)nc(N2CCCC2)n1. The first-order chi connectivity index (χ1) is 16.1. The van der Waals surface area contributed by atoms with E-state index < -0.39 is 0 Å². The van der Waals surface area contributed by atoms with Crippen LogP contribution in [0.25, 0.3) is 10.9 Å². The van der Waals surface area contributed by atoms with Gasteiger partial charge in [-0.25, -0.2) is 4.98 Å². The Morgan fingerprint density at radius 1 is 1.03 bits per heavy atom. The molecule has 0 radical (unpaired) electrons. The summed E-state index contributed by atoms with van der Waals surface area (Å²) in [6.45, 7) is 4.01. The summed E-state index contributed by atoms with van der Waals surface area (Å²) in [5.74, 6) is 1.57.